The van der Waals surface area contributed by atoms with Gasteiger partial charge in [-0.3, -0.25) is 9.59 Å². The monoisotopic (exact) mass is 366 g/mol. The van der Waals surface area contributed by atoms with Gasteiger partial charge in [-0.15, -0.1) is 0 Å². The average Bonchev–Trinajstić information content (AvgIpc) is 2.69. The van der Waals surface area contributed by atoms with E-state index >= 15 is 0 Å². The zero-order valence-electron chi connectivity index (χ0n) is 16.4. The molecule has 4 heteroatoms. The first kappa shape index (κ1) is 20.7. The molecule has 144 valence electrons. The smallest absolute Gasteiger partial charge is 0.243 e. The van der Waals surface area contributed by atoms with E-state index in [1.165, 1.54) is 6.92 Å². The van der Waals surface area contributed by atoms with Crippen molar-refractivity contribution in [2.75, 3.05) is 6.54 Å². The molecular weight excluding hydrogens is 336 g/mol. The van der Waals surface area contributed by atoms with Gasteiger partial charge in [-0.2, -0.15) is 0 Å². The van der Waals surface area contributed by atoms with Gasteiger partial charge in [0.05, 0.1) is 0 Å². The van der Waals surface area contributed by atoms with Crippen LogP contribution in [0.1, 0.15) is 44.2 Å². The minimum absolute atomic E-state index is 0.0823. The Hall–Kier alpha value is -2.62. The quantitative estimate of drug-likeness (QED) is 0.647. The highest BCUT2D eigenvalue weighted by Gasteiger charge is 2.28. The second kappa shape index (κ2) is 11.2. The van der Waals surface area contributed by atoms with Gasteiger partial charge >= 0.3 is 0 Å². The lowest BCUT2D eigenvalue weighted by molar-refractivity contribution is -0.139. The van der Waals surface area contributed by atoms with E-state index in [2.05, 4.69) is 12.2 Å². The summed E-state index contributed by atoms with van der Waals surface area (Å²) in [6.07, 6.45) is 3.66. The molecule has 1 unspecified atom stereocenters. The van der Waals surface area contributed by atoms with Gasteiger partial charge in [-0.25, -0.2) is 0 Å². The summed E-state index contributed by atoms with van der Waals surface area (Å²) >= 11 is 0. The molecule has 0 aliphatic rings. The van der Waals surface area contributed by atoms with Gasteiger partial charge in [0.2, 0.25) is 11.8 Å². The number of unbranched alkanes of at least 4 members (excludes halogenated alkanes) is 2. The van der Waals surface area contributed by atoms with Crippen LogP contribution in [0.3, 0.4) is 0 Å². The fourth-order valence-corrected chi connectivity index (χ4v) is 3.11. The van der Waals surface area contributed by atoms with Crippen molar-refractivity contribution in [1.29, 1.82) is 0 Å². The molecule has 0 saturated heterocycles. The predicted octanol–water partition coefficient (Wildman–Crippen LogP) is 3.95. The zero-order valence-corrected chi connectivity index (χ0v) is 16.4. The van der Waals surface area contributed by atoms with Crippen LogP contribution in [0.5, 0.6) is 0 Å². The van der Waals surface area contributed by atoms with Crippen LogP contribution >= 0.6 is 0 Å². The minimum Gasteiger partial charge on any atom is -0.354 e. The van der Waals surface area contributed by atoms with Crippen molar-refractivity contribution < 1.29 is 9.59 Å². The molecule has 0 heterocycles. The van der Waals surface area contributed by atoms with E-state index in [-0.39, 0.29) is 11.8 Å². The minimum atomic E-state index is -0.522. The maximum absolute atomic E-state index is 12.9. The molecule has 0 aromatic heterocycles. The van der Waals surface area contributed by atoms with Gasteiger partial charge in [0.1, 0.15) is 6.04 Å². The molecular formula is C23H30N2O2. The van der Waals surface area contributed by atoms with E-state index < -0.39 is 6.04 Å². The molecule has 0 spiro atoms. The van der Waals surface area contributed by atoms with Crippen molar-refractivity contribution in [3.8, 4) is 0 Å². The second-order valence-corrected chi connectivity index (χ2v) is 6.84. The Labute approximate surface area is 162 Å². The Morgan fingerprint density at radius 2 is 1.52 bits per heavy atom. The van der Waals surface area contributed by atoms with Gasteiger partial charge in [-0.1, -0.05) is 80.4 Å². The predicted molar refractivity (Wildman–Crippen MR) is 109 cm³/mol. The van der Waals surface area contributed by atoms with E-state index in [9.17, 15) is 9.59 Å². The highest BCUT2D eigenvalue weighted by atomic mass is 16.2. The molecule has 0 bridgehead atoms. The third kappa shape index (κ3) is 6.89. The van der Waals surface area contributed by atoms with Crippen molar-refractivity contribution in [2.45, 2.75) is 52.1 Å². The molecule has 0 aliphatic heterocycles. The standard InChI is InChI=1S/C23H30N2O2/c1-3-4-11-16-24-23(27)22(17-20-12-7-5-8-13-20)25(19(2)26)18-21-14-9-6-10-15-21/h5-10,12-15,22H,3-4,11,16-18H2,1-2H3,(H,24,27). The molecule has 27 heavy (non-hydrogen) atoms. The highest BCUT2D eigenvalue weighted by Crippen LogP contribution is 2.14. The molecule has 2 aromatic carbocycles. The summed E-state index contributed by atoms with van der Waals surface area (Å²) in [5.41, 5.74) is 2.06. The first-order chi connectivity index (χ1) is 13.1. The molecule has 0 radical (unpaired) electrons. The summed E-state index contributed by atoms with van der Waals surface area (Å²) in [6, 6.07) is 19.2. The zero-order chi connectivity index (χ0) is 19.5. The Kier molecular flexibility index (Phi) is 8.56. The van der Waals surface area contributed by atoms with Crippen molar-refractivity contribution in [3.63, 3.8) is 0 Å². The summed E-state index contributed by atoms with van der Waals surface area (Å²) in [5, 5.41) is 3.03. The first-order valence-corrected chi connectivity index (χ1v) is 9.74. The van der Waals surface area contributed by atoms with Gasteiger partial charge < -0.3 is 10.2 Å². The van der Waals surface area contributed by atoms with E-state index in [0.717, 1.165) is 30.4 Å². The van der Waals surface area contributed by atoms with Gasteiger partial charge in [0.15, 0.2) is 0 Å². The molecule has 2 amide bonds. The first-order valence-electron chi connectivity index (χ1n) is 9.74. The van der Waals surface area contributed by atoms with Gasteiger partial charge in [-0.05, 0) is 17.5 Å². The summed E-state index contributed by atoms with van der Waals surface area (Å²) in [7, 11) is 0. The number of hydrogen-bond acceptors (Lipinski definition) is 2. The van der Waals surface area contributed by atoms with Crippen LogP contribution in [-0.4, -0.2) is 29.3 Å². The fraction of sp³-hybridized carbons (Fsp3) is 0.391. The van der Waals surface area contributed by atoms with Crippen molar-refractivity contribution in [1.82, 2.24) is 10.2 Å². The largest absolute Gasteiger partial charge is 0.354 e. The molecule has 2 rings (SSSR count). The van der Waals surface area contributed by atoms with Crippen molar-refractivity contribution >= 4 is 11.8 Å². The summed E-state index contributed by atoms with van der Waals surface area (Å²) < 4.78 is 0. The van der Waals surface area contributed by atoms with Crippen molar-refractivity contribution in [3.05, 3.63) is 71.8 Å². The molecule has 1 N–H and O–H groups in total. The maximum atomic E-state index is 12.9. The number of rotatable bonds is 10. The molecule has 2 aromatic rings. The number of carbonyl (C=O) groups excluding carboxylic acids is 2. The number of benzene rings is 2. The molecule has 4 nitrogen and oxygen atoms in total. The van der Waals surface area contributed by atoms with Gasteiger partial charge in [0.25, 0.3) is 0 Å². The van der Waals surface area contributed by atoms with Gasteiger partial charge in [0, 0.05) is 26.4 Å². The number of nitrogens with one attached hydrogen (secondary N) is 1. The topological polar surface area (TPSA) is 49.4 Å². The average molecular weight is 367 g/mol. The number of carbonyl (C=O) groups is 2. The Morgan fingerprint density at radius 1 is 0.926 bits per heavy atom. The lowest BCUT2D eigenvalue weighted by Crippen LogP contribution is -2.50. The number of hydrogen-bond donors (Lipinski definition) is 1. The third-order valence-corrected chi connectivity index (χ3v) is 4.63. The van der Waals surface area contributed by atoms with E-state index in [1.807, 2.05) is 60.7 Å². The SMILES string of the molecule is CCCCCNC(=O)C(Cc1ccccc1)N(Cc1ccccc1)C(C)=O. The van der Waals surface area contributed by atoms with Crippen LogP contribution in [0, 0.1) is 0 Å². The van der Waals surface area contributed by atoms with E-state index in [4.69, 9.17) is 0 Å². The number of nitrogens with zero attached hydrogens (tertiary/aromatic N) is 1. The lowest BCUT2D eigenvalue weighted by atomic mass is 10.0. The fourth-order valence-electron chi connectivity index (χ4n) is 3.11. The normalized spacial score (nSPS) is 11.6. The van der Waals surface area contributed by atoms with E-state index in [0.29, 0.717) is 19.5 Å². The third-order valence-electron chi connectivity index (χ3n) is 4.63. The Balaban J connectivity index is 2.18. The Bertz CT molecular complexity index is 701. The van der Waals surface area contributed by atoms with Crippen molar-refractivity contribution in [2.24, 2.45) is 0 Å². The van der Waals surface area contributed by atoms with Crippen LogP contribution in [0.2, 0.25) is 0 Å². The van der Waals surface area contributed by atoms with E-state index in [1.54, 1.807) is 4.90 Å². The van der Waals surface area contributed by atoms with Crippen LogP contribution in [0.15, 0.2) is 60.7 Å². The summed E-state index contributed by atoms with van der Waals surface area (Å²) in [5.74, 6) is -0.176. The summed E-state index contributed by atoms with van der Waals surface area (Å²) in [6.45, 7) is 4.74. The Morgan fingerprint density at radius 3 is 2.07 bits per heavy atom. The molecule has 0 saturated carbocycles. The van der Waals surface area contributed by atoms with Crippen LogP contribution < -0.4 is 5.32 Å². The highest BCUT2D eigenvalue weighted by molar-refractivity contribution is 5.87. The summed E-state index contributed by atoms with van der Waals surface area (Å²) in [4.78, 5) is 27.0. The molecule has 1 atom stereocenters. The lowest BCUT2D eigenvalue weighted by Gasteiger charge is -2.30. The molecule has 0 fully saturated rings. The maximum Gasteiger partial charge on any atom is 0.243 e. The molecule has 0 aliphatic carbocycles. The number of amides is 2. The van der Waals surface area contributed by atoms with Crippen LogP contribution in [0.4, 0.5) is 0 Å². The second-order valence-electron chi connectivity index (χ2n) is 6.84. The van der Waals surface area contributed by atoms with Crippen LogP contribution in [0.25, 0.3) is 0 Å². The van der Waals surface area contributed by atoms with Crippen LogP contribution in [-0.2, 0) is 22.6 Å².